The highest BCUT2D eigenvalue weighted by atomic mass is 32.1. The molecule has 5 heteroatoms. The Labute approximate surface area is 136 Å². The van der Waals surface area contributed by atoms with Gasteiger partial charge in [0.05, 0.1) is 0 Å². The van der Waals surface area contributed by atoms with Crippen molar-refractivity contribution in [2.45, 2.75) is 13.0 Å². The normalized spacial score (nSPS) is 11.3. The SMILES string of the molecule is CN=C(NCCc1cccs1)NCc1ccc(N(C)C)cc1. The van der Waals surface area contributed by atoms with Crippen LogP contribution in [-0.2, 0) is 13.0 Å². The molecule has 0 saturated carbocycles. The van der Waals surface area contributed by atoms with Crippen LogP contribution in [0, 0.1) is 0 Å². The third-order valence-corrected chi connectivity index (χ3v) is 4.32. The summed E-state index contributed by atoms with van der Waals surface area (Å²) >= 11 is 1.79. The minimum atomic E-state index is 0.770. The molecule has 22 heavy (non-hydrogen) atoms. The molecule has 2 aromatic rings. The molecule has 1 aromatic heterocycles. The van der Waals surface area contributed by atoms with E-state index in [1.165, 1.54) is 16.1 Å². The summed E-state index contributed by atoms with van der Waals surface area (Å²) in [6, 6.07) is 12.8. The zero-order chi connectivity index (χ0) is 15.8. The number of hydrogen-bond donors (Lipinski definition) is 2. The number of aliphatic imine (C=N–C) groups is 1. The van der Waals surface area contributed by atoms with Crippen LogP contribution in [0.3, 0.4) is 0 Å². The maximum absolute atomic E-state index is 4.26. The molecular weight excluding hydrogens is 292 g/mol. The van der Waals surface area contributed by atoms with Gasteiger partial charge in [0.2, 0.25) is 0 Å². The minimum Gasteiger partial charge on any atom is -0.378 e. The third kappa shape index (κ3) is 5.07. The van der Waals surface area contributed by atoms with E-state index in [9.17, 15) is 0 Å². The Morgan fingerprint density at radius 1 is 1.14 bits per heavy atom. The fourth-order valence-corrected chi connectivity index (χ4v) is 2.79. The second-order valence-electron chi connectivity index (χ2n) is 5.24. The van der Waals surface area contributed by atoms with Crippen LogP contribution in [0.25, 0.3) is 0 Å². The summed E-state index contributed by atoms with van der Waals surface area (Å²) in [4.78, 5) is 7.75. The van der Waals surface area contributed by atoms with Gasteiger partial charge in [0.15, 0.2) is 5.96 Å². The first-order chi connectivity index (χ1) is 10.7. The molecule has 118 valence electrons. The van der Waals surface area contributed by atoms with E-state index < -0.39 is 0 Å². The van der Waals surface area contributed by atoms with Crippen molar-refractivity contribution in [2.24, 2.45) is 4.99 Å². The number of nitrogens with zero attached hydrogens (tertiary/aromatic N) is 2. The topological polar surface area (TPSA) is 39.7 Å². The molecule has 0 aliphatic rings. The number of nitrogens with one attached hydrogen (secondary N) is 2. The molecular formula is C17H24N4S. The Morgan fingerprint density at radius 2 is 1.91 bits per heavy atom. The molecule has 2 N–H and O–H groups in total. The summed E-state index contributed by atoms with van der Waals surface area (Å²) < 4.78 is 0. The van der Waals surface area contributed by atoms with Crippen LogP contribution in [0.1, 0.15) is 10.4 Å². The minimum absolute atomic E-state index is 0.770. The van der Waals surface area contributed by atoms with Crippen molar-refractivity contribution >= 4 is 23.0 Å². The molecule has 0 bridgehead atoms. The molecule has 0 unspecified atom stereocenters. The summed E-state index contributed by atoms with van der Waals surface area (Å²) in [5, 5.41) is 8.80. The number of rotatable bonds is 6. The predicted molar refractivity (Wildman–Crippen MR) is 97.0 cm³/mol. The van der Waals surface area contributed by atoms with E-state index in [0.717, 1.165) is 25.5 Å². The Balaban J connectivity index is 1.76. The average Bonchev–Trinajstić information content (AvgIpc) is 3.04. The van der Waals surface area contributed by atoms with Gasteiger partial charge in [-0.3, -0.25) is 4.99 Å². The first kappa shape index (κ1) is 16.4. The van der Waals surface area contributed by atoms with Gasteiger partial charge in [-0.25, -0.2) is 0 Å². The molecule has 0 amide bonds. The summed E-state index contributed by atoms with van der Waals surface area (Å²) in [6.45, 7) is 1.66. The van der Waals surface area contributed by atoms with E-state index >= 15 is 0 Å². The van der Waals surface area contributed by atoms with E-state index in [2.05, 4.69) is 62.3 Å². The molecule has 0 radical (unpaired) electrons. The van der Waals surface area contributed by atoms with Crippen LogP contribution >= 0.6 is 11.3 Å². The van der Waals surface area contributed by atoms with E-state index in [0.29, 0.717) is 0 Å². The van der Waals surface area contributed by atoms with E-state index in [1.54, 1.807) is 18.4 Å². The summed E-state index contributed by atoms with van der Waals surface area (Å²) in [6.07, 6.45) is 1.02. The number of anilines is 1. The van der Waals surface area contributed by atoms with Gasteiger partial charge < -0.3 is 15.5 Å². The van der Waals surface area contributed by atoms with Gasteiger partial charge in [0, 0.05) is 44.8 Å². The lowest BCUT2D eigenvalue weighted by Gasteiger charge is -2.14. The average molecular weight is 316 g/mol. The molecule has 0 spiro atoms. The Morgan fingerprint density at radius 3 is 2.50 bits per heavy atom. The van der Waals surface area contributed by atoms with Gasteiger partial charge in [-0.05, 0) is 35.6 Å². The molecule has 2 rings (SSSR count). The van der Waals surface area contributed by atoms with Gasteiger partial charge in [-0.15, -0.1) is 11.3 Å². The molecule has 1 heterocycles. The lowest BCUT2D eigenvalue weighted by molar-refractivity contribution is 0.799. The van der Waals surface area contributed by atoms with Crippen molar-refractivity contribution in [2.75, 3.05) is 32.6 Å². The number of thiophene rings is 1. The number of hydrogen-bond acceptors (Lipinski definition) is 3. The molecule has 1 aromatic carbocycles. The van der Waals surface area contributed by atoms with Crippen LogP contribution in [-0.4, -0.2) is 33.6 Å². The van der Waals surface area contributed by atoms with Gasteiger partial charge in [-0.1, -0.05) is 18.2 Å². The van der Waals surface area contributed by atoms with Gasteiger partial charge in [0.1, 0.15) is 0 Å². The third-order valence-electron chi connectivity index (χ3n) is 3.38. The first-order valence-corrected chi connectivity index (χ1v) is 8.30. The second-order valence-corrected chi connectivity index (χ2v) is 6.28. The zero-order valence-electron chi connectivity index (χ0n) is 13.5. The summed E-state index contributed by atoms with van der Waals surface area (Å²) in [5.41, 5.74) is 2.45. The van der Waals surface area contributed by atoms with E-state index in [-0.39, 0.29) is 0 Å². The van der Waals surface area contributed by atoms with Crippen molar-refractivity contribution in [1.29, 1.82) is 0 Å². The molecule has 0 aliphatic carbocycles. The highest BCUT2D eigenvalue weighted by Gasteiger charge is 2.00. The van der Waals surface area contributed by atoms with Gasteiger partial charge in [0.25, 0.3) is 0 Å². The lowest BCUT2D eigenvalue weighted by atomic mass is 10.2. The molecule has 4 nitrogen and oxygen atoms in total. The van der Waals surface area contributed by atoms with Crippen molar-refractivity contribution < 1.29 is 0 Å². The first-order valence-electron chi connectivity index (χ1n) is 7.42. The van der Waals surface area contributed by atoms with Gasteiger partial charge >= 0.3 is 0 Å². The fraction of sp³-hybridized carbons (Fsp3) is 0.353. The maximum Gasteiger partial charge on any atom is 0.191 e. The summed E-state index contributed by atoms with van der Waals surface area (Å²) in [5.74, 6) is 0.841. The molecule has 0 atom stereocenters. The monoisotopic (exact) mass is 316 g/mol. The van der Waals surface area contributed by atoms with Crippen molar-refractivity contribution in [1.82, 2.24) is 10.6 Å². The summed E-state index contributed by atoms with van der Waals surface area (Å²) in [7, 11) is 5.90. The quantitative estimate of drug-likeness (QED) is 0.636. The Bertz CT molecular complexity index is 573. The number of guanidine groups is 1. The predicted octanol–water partition coefficient (Wildman–Crippen LogP) is 2.72. The molecule has 0 saturated heterocycles. The Hall–Kier alpha value is -2.01. The zero-order valence-corrected chi connectivity index (χ0v) is 14.3. The second kappa shape index (κ2) is 8.44. The smallest absolute Gasteiger partial charge is 0.191 e. The van der Waals surface area contributed by atoms with Crippen LogP contribution in [0.2, 0.25) is 0 Å². The van der Waals surface area contributed by atoms with Crippen LogP contribution in [0.5, 0.6) is 0 Å². The van der Waals surface area contributed by atoms with Crippen molar-refractivity contribution in [3.8, 4) is 0 Å². The van der Waals surface area contributed by atoms with Gasteiger partial charge in [-0.2, -0.15) is 0 Å². The lowest BCUT2D eigenvalue weighted by Crippen LogP contribution is -2.37. The Kier molecular flexibility index (Phi) is 6.27. The van der Waals surface area contributed by atoms with E-state index in [1.807, 2.05) is 14.1 Å². The van der Waals surface area contributed by atoms with Crippen LogP contribution in [0.15, 0.2) is 46.8 Å². The largest absolute Gasteiger partial charge is 0.378 e. The van der Waals surface area contributed by atoms with E-state index in [4.69, 9.17) is 0 Å². The van der Waals surface area contributed by atoms with Crippen LogP contribution in [0.4, 0.5) is 5.69 Å². The molecule has 0 fully saturated rings. The highest BCUT2D eigenvalue weighted by Crippen LogP contribution is 2.12. The standard InChI is InChI=1S/C17H24N4S/c1-18-17(19-11-10-16-5-4-12-22-16)20-13-14-6-8-15(9-7-14)21(2)3/h4-9,12H,10-11,13H2,1-3H3,(H2,18,19,20). The highest BCUT2D eigenvalue weighted by molar-refractivity contribution is 7.09. The molecule has 0 aliphatic heterocycles. The van der Waals surface area contributed by atoms with Crippen molar-refractivity contribution in [3.05, 3.63) is 52.2 Å². The van der Waals surface area contributed by atoms with Crippen LogP contribution < -0.4 is 15.5 Å². The number of benzene rings is 1. The maximum atomic E-state index is 4.26. The van der Waals surface area contributed by atoms with Crippen molar-refractivity contribution in [3.63, 3.8) is 0 Å². The fourth-order valence-electron chi connectivity index (χ4n) is 2.08.